The summed E-state index contributed by atoms with van der Waals surface area (Å²) in [5.41, 5.74) is 9.96. The monoisotopic (exact) mass is 540 g/mol. The lowest BCUT2D eigenvalue weighted by molar-refractivity contribution is 0.102. The van der Waals surface area contributed by atoms with Gasteiger partial charge < -0.3 is 16.4 Å². The van der Waals surface area contributed by atoms with Crippen molar-refractivity contribution in [3.63, 3.8) is 0 Å². The molecular formula is C28H25ClN8O2. The third-order valence-corrected chi connectivity index (χ3v) is 6.61. The Bertz CT molecular complexity index is 1760. The minimum atomic E-state index is -0.515. The van der Waals surface area contributed by atoms with Crippen LogP contribution in [0.3, 0.4) is 0 Å². The Morgan fingerprint density at radius 2 is 1.82 bits per heavy atom. The number of pyridine rings is 1. The predicted octanol–water partition coefficient (Wildman–Crippen LogP) is 4.53. The standard InChI is InChI=1S/C28H25ClN8O2/c1-16-23(28(39)37(36(16)3)20-7-4-6-18(29)14-20)27(38)34-19-11-9-17(10-12-19)24-25(30)33-15-22(35-24)21-8-5-13-32-26(21)31-2/h4-15H,1-3H3,(H2,30,33)(H,31,32)(H,34,38). The molecule has 0 atom stereocenters. The van der Waals surface area contributed by atoms with Crippen LogP contribution in [0.4, 0.5) is 17.3 Å². The maximum Gasteiger partial charge on any atom is 0.284 e. The number of nitrogens with two attached hydrogens (primary N) is 1. The molecule has 0 spiro atoms. The Balaban J connectivity index is 1.42. The van der Waals surface area contributed by atoms with Crippen LogP contribution >= 0.6 is 11.6 Å². The SMILES string of the molecule is CNc1ncccc1-c1cnc(N)c(-c2ccc(NC(=O)c3c(C)n(C)n(-c4cccc(Cl)c4)c3=O)cc2)n1. The molecule has 3 aromatic heterocycles. The maximum atomic E-state index is 13.2. The lowest BCUT2D eigenvalue weighted by Gasteiger charge is -2.11. The molecular weight excluding hydrogens is 516 g/mol. The highest BCUT2D eigenvalue weighted by molar-refractivity contribution is 6.30. The number of aromatic nitrogens is 5. The van der Waals surface area contributed by atoms with Crippen molar-refractivity contribution in [1.29, 1.82) is 0 Å². The Morgan fingerprint density at radius 3 is 2.54 bits per heavy atom. The number of amides is 1. The molecule has 0 fully saturated rings. The molecule has 10 nitrogen and oxygen atoms in total. The molecule has 5 rings (SSSR count). The summed E-state index contributed by atoms with van der Waals surface area (Å²) in [6.45, 7) is 1.72. The number of benzene rings is 2. The lowest BCUT2D eigenvalue weighted by Crippen LogP contribution is -2.25. The Hall–Kier alpha value is -4.96. The first-order valence-electron chi connectivity index (χ1n) is 12.0. The number of rotatable bonds is 6. The van der Waals surface area contributed by atoms with E-state index in [1.54, 1.807) is 86.6 Å². The third kappa shape index (κ3) is 4.85. The van der Waals surface area contributed by atoms with Gasteiger partial charge in [0, 0.05) is 42.1 Å². The molecule has 4 N–H and O–H groups in total. The molecule has 39 heavy (non-hydrogen) atoms. The van der Waals surface area contributed by atoms with Gasteiger partial charge in [-0.2, -0.15) is 0 Å². The van der Waals surface area contributed by atoms with E-state index in [1.165, 1.54) is 4.68 Å². The van der Waals surface area contributed by atoms with E-state index in [0.717, 1.165) is 5.56 Å². The number of hydrogen-bond donors (Lipinski definition) is 3. The number of carbonyl (C=O) groups excluding carboxylic acids is 1. The van der Waals surface area contributed by atoms with Crippen molar-refractivity contribution in [2.75, 3.05) is 23.4 Å². The van der Waals surface area contributed by atoms with E-state index >= 15 is 0 Å². The molecule has 0 saturated carbocycles. The molecule has 0 aliphatic rings. The van der Waals surface area contributed by atoms with Gasteiger partial charge in [0.2, 0.25) is 0 Å². The van der Waals surface area contributed by atoms with E-state index in [9.17, 15) is 9.59 Å². The summed E-state index contributed by atoms with van der Waals surface area (Å²) in [6.07, 6.45) is 3.29. The van der Waals surface area contributed by atoms with Gasteiger partial charge in [0.05, 0.1) is 23.3 Å². The average molecular weight is 541 g/mol. The summed E-state index contributed by atoms with van der Waals surface area (Å²) in [7, 11) is 3.50. The second-order valence-corrected chi connectivity index (χ2v) is 9.19. The Kier molecular flexibility index (Phi) is 6.86. The van der Waals surface area contributed by atoms with Crippen molar-refractivity contribution in [3.05, 3.63) is 99.7 Å². The third-order valence-electron chi connectivity index (χ3n) is 6.37. The van der Waals surface area contributed by atoms with Gasteiger partial charge >= 0.3 is 0 Å². The van der Waals surface area contributed by atoms with Gasteiger partial charge in [0.15, 0.2) is 0 Å². The van der Waals surface area contributed by atoms with Gasteiger partial charge in [-0.25, -0.2) is 19.6 Å². The molecule has 2 aromatic carbocycles. The molecule has 0 bridgehead atoms. The molecule has 0 saturated heterocycles. The number of anilines is 3. The highest BCUT2D eigenvalue weighted by Crippen LogP contribution is 2.29. The summed E-state index contributed by atoms with van der Waals surface area (Å²) in [5.74, 6) is 0.428. The van der Waals surface area contributed by atoms with E-state index in [1.807, 2.05) is 12.1 Å². The van der Waals surface area contributed by atoms with Crippen LogP contribution in [-0.4, -0.2) is 37.3 Å². The molecule has 0 radical (unpaired) electrons. The largest absolute Gasteiger partial charge is 0.382 e. The summed E-state index contributed by atoms with van der Waals surface area (Å²) < 4.78 is 3.04. The first-order valence-corrected chi connectivity index (χ1v) is 12.4. The van der Waals surface area contributed by atoms with Crippen molar-refractivity contribution in [1.82, 2.24) is 24.3 Å². The normalized spacial score (nSPS) is 10.9. The zero-order valence-electron chi connectivity index (χ0n) is 21.4. The number of carbonyl (C=O) groups is 1. The summed E-state index contributed by atoms with van der Waals surface area (Å²) in [5, 5.41) is 6.35. The fourth-order valence-electron chi connectivity index (χ4n) is 4.33. The molecule has 5 aromatic rings. The smallest absolute Gasteiger partial charge is 0.284 e. The van der Waals surface area contributed by atoms with Gasteiger partial charge in [0.25, 0.3) is 11.5 Å². The average Bonchev–Trinajstić information content (AvgIpc) is 3.16. The quantitative estimate of drug-likeness (QED) is 0.288. The Labute approximate surface area is 229 Å². The summed E-state index contributed by atoms with van der Waals surface area (Å²) >= 11 is 6.11. The molecule has 0 aliphatic carbocycles. The lowest BCUT2D eigenvalue weighted by atomic mass is 10.1. The van der Waals surface area contributed by atoms with Crippen LogP contribution in [-0.2, 0) is 7.05 Å². The highest BCUT2D eigenvalue weighted by atomic mass is 35.5. The maximum absolute atomic E-state index is 13.2. The molecule has 0 unspecified atom stereocenters. The topological polar surface area (TPSA) is 133 Å². The zero-order valence-corrected chi connectivity index (χ0v) is 22.2. The summed E-state index contributed by atoms with van der Waals surface area (Å²) in [6, 6.07) is 17.6. The van der Waals surface area contributed by atoms with Crippen LogP contribution < -0.4 is 21.9 Å². The second-order valence-electron chi connectivity index (χ2n) is 8.75. The number of halogens is 1. The van der Waals surface area contributed by atoms with E-state index < -0.39 is 11.5 Å². The van der Waals surface area contributed by atoms with E-state index in [2.05, 4.69) is 20.6 Å². The molecule has 0 aliphatic heterocycles. The number of nitrogens with one attached hydrogen (secondary N) is 2. The molecule has 196 valence electrons. The van der Waals surface area contributed by atoms with Gasteiger partial charge in [0.1, 0.15) is 22.9 Å². The first-order chi connectivity index (χ1) is 18.8. The van der Waals surface area contributed by atoms with E-state index in [4.69, 9.17) is 22.3 Å². The van der Waals surface area contributed by atoms with Gasteiger partial charge in [-0.1, -0.05) is 29.8 Å². The fraction of sp³-hybridized carbons (Fsp3) is 0.107. The van der Waals surface area contributed by atoms with Gasteiger partial charge in [-0.05, 0) is 49.4 Å². The number of nitrogen functional groups attached to an aromatic ring is 1. The molecule has 1 amide bonds. The highest BCUT2D eigenvalue weighted by Gasteiger charge is 2.22. The Morgan fingerprint density at radius 1 is 1.05 bits per heavy atom. The molecule has 3 heterocycles. The zero-order chi connectivity index (χ0) is 27.7. The summed E-state index contributed by atoms with van der Waals surface area (Å²) in [4.78, 5) is 39.8. The second kappa shape index (κ2) is 10.4. The van der Waals surface area contributed by atoms with Gasteiger partial charge in [-0.15, -0.1) is 0 Å². The van der Waals surface area contributed by atoms with Crippen LogP contribution in [0.25, 0.3) is 28.2 Å². The van der Waals surface area contributed by atoms with Crippen molar-refractivity contribution in [2.45, 2.75) is 6.92 Å². The van der Waals surface area contributed by atoms with Crippen molar-refractivity contribution < 1.29 is 4.79 Å². The fourth-order valence-corrected chi connectivity index (χ4v) is 4.51. The van der Waals surface area contributed by atoms with Gasteiger partial charge in [-0.3, -0.25) is 14.3 Å². The molecule has 11 heteroatoms. The van der Waals surface area contributed by atoms with E-state index in [0.29, 0.717) is 44.9 Å². The van der Waals surface area contributed by atoms with Crippen LogP contribution in [0, 0.1) is 6.92 Å². The number of hydrogen-bond acceptors (Lipinski definition) is 7. The van der Waals surface area contributed by atoms with Crippen LogP contribution in [0.1, 0.15) is 16.1 Å². The first kappa shape index (κ1) is 25.7. The minimum absolute atomic E-state index is 0.0428. The number of nitrogens with zero attached hydrogens (tertiary/aromatic N) is 5. The van der Waals surface area contributed by atoms with Crippen molar-refractivity contribution in [2.24, 2.45) is 7.05 Å². The van der Waals surface area contributed by atoms with E-state index in [-0.39, 0.29) is 11.4 Å². The van der Waals surface area contributed by atoms with Crippen molar-refractivity contribution >= 4 is 34.8 Å². The van der Waals surface area contributed by atoms with Crippen LogP contribution in [0.2, 0.25) is 5.02 Å². The van der Waals surface area contributed by atoms with Crippen LogP contribution in [0.15, 0.2) is 77.9 Å². The minimum Gasteiger partial charge on any atom is -0.382 e. The van der Waals surface area contributed by atoms with Crippen molar-refractivity contribution in [3.8, 4) is 28.2 Å². The van der Waals surface area contributed by atoms with Crippen LogP contribution in [0.5, 0.6) is 0 Å². The predicted molar refractivity (Wildman–Crippen MR) is 153 cm³/mol.